The maximum atomic E-state index is 10.5. The summed E-state index contributed by atoms with van der Waals surface area (Å²) in [7, 11) is 4.20. The third kappa shape index (κ3) is 4.61. The largest absolute Gasteiger partial charge is 0.484 e. The molecule has 2 rings (SSSR count). The van der Waals surface area contributed by atoms with E-state index in [1.54, 1.807) is 6.07 Å². The molecule has 1 saturated heterocycles. The molecule has 0 amide bonds. The summed E-state index contributed by atoms with van der Waals surface area (Å²) in [5, 5.41) is 0. The molecule has 0 bridgehead atoms. The Labute approximate surface area is 132 Å². The molecule has 1 fully saturated rings. The molecule has 122 valence electrons. The van der Waals surface area contributed by atoms with Crippen molar-refractivity contribution in [1.29, 1.82) is 0 Å². The number of nitrogen functional groups attached to an aromatic ring is 1. The molecule has 0 radical (unpaired) electrons. The summed E-state index contributed by atoms with van der Waals surface area (Å²) in [6, 6.07) is 5.57. The first-order valence-corrected chi connectivity index (χ1v) is 7.68. The Bertz CT molecular complexity index is 487. The van der Waals surface area contributed by atoms with Crippen LogP contribution in [0.3, 0.4) is 0 Å². The number of rotatable bonds is 7. The van der Waals surface area contributed by atoms with Crippen molar-refractivity contribution in [2.75, 3.05) is 70.6 Å². The number of hydrogen-bond donors (Lipinski definition) is 1. The van der Waals surface area contributed by atoms with Gasteiger partial charge in [0.15, 0.2) is 6.29 Å². The smallest absolute Gasteiger partial charge is 0.157 e. The summed E-state index contributed by atoms with van der Waals surface area (Å²) in [4.78, 5) is 17.5. The highest BCUT2D eigenvalue weighted by molar-refractivity contribution is 5.64. The minimum absolute atomic E-state index is 0.0444. The number of piperazine rings is 1. The van der Waals surface area contributed by atoms with Crippen LogP contribution in [-0.4, -0.2) is 76.1 Å². The van der Waals surface area contributed by atoms with Gasteiger partial charge in [0.25, 0.3) is 0 Å². The standard InChI is InChI=1S/C16H26N4O2/c1-18-5-8-20(9-6-18)10-7-19(2)15-4-3-14(17)13-16(15)22-12-11-21/h3-4,11,13H,5-10,12,17H2,1-2H3. The van der Waals surface area contributed by atoms with E-state index in [0.29, 0.717) is 11.4 Å². The third-order valence-electron chi connectivity index (χ3n) is 4.05. The molecule has 0 aromatic heterocycles. The van der Waals surface area contributed by atoms with Crippen molar-refractivity contribution in [1.82, 2.24) is 9.80 Å². The Balaban J connectivity index is 1.93. The second kappa shape index (κ2) is 8.00. The maximum absolute atomic E-state index is 10.5. The summed E-state index contributed by atoms with van der Waals surface area (Å²) in [5.41, 5.74) is 7.40. The van der Waals surface area contributed by atoms with Gasteiger partial charge in [0.05, 0.1) is 5.69 Å². The molecular weight excluding hydrogens is 280 g/mol. The highest BCUT2D eigenvalue weighted by atomic mass is 16.5. The van der Waals surface area contributed by atoms with E-state index in [9.17, 15) is 4.79 Å². The Morgan fingerprint density at radius 1 is 1.32 bits per heavy atom. The van der Waals surface area contributed by atoms with Gasteiger partial charge in [-0.2, -0.15) is 0 Å². The van der Waals surface area contributed by atoms with Crippen molar-refractivity contribution >= 4 is 17.7 Å². The molecule has 6 heteroatoms. The molecule has 1 aromatic carbocycles. The molecule has 0 saturated carbocycles. The van der Waals surface area contributed by atoms with Crippen LogP contribution in [0.5, 0.6) is 5.75 Å². The zero-order valence-corrected chi connectivity index (χ0v) is 13.5. The topological polar surface area (TPSA) is 62.0 Å². The first-order valence-electron chi connectivity index (χ1n) is 7.68. The van der Waals surface area contributed by atoms with Crippen LogP contribution >= 0.6 is 0 Å². The van der Waals surface area contributed by atoms with Crippen molar-refractivity contribution in [3.05, 3.63) is 18.2 Å². The number of anilines is 2. The van der Waals surface area contributed by atoms with Gasteiger partial charge in [-0.15, -0.1) is 0 Å². The van der Waals surface area contributed by atoms with Crippen LogP contribution in [0, 0.1) is 0 Å². The van der Waals surface area contributed by atoms with Gasteiger partial charge >= 0.3 is 0 Å². The molecule has 1 aliphatic heterocycles. The van der Waals surface area contributed by atoms with E-state index in [0.717, 1.165) is 51.2 Å². The van der Waals surface area contributed by atoms with Crippen molar-refractivity contribution in [2.24, 2.45) is 0 Å². The number of aldehydes is 1. The number of benzene rings is 1. The van der Waals surface area contributed by atoms with Crippen molar-refractivity contribution < 1.29 is 9.53 Å². The fraction of sp³-hybridized carbons (Fsp3) is 0.562. The first-order chi connectivity index (χ1) is 10.6. The molecule has 2 N–H and O–H groups in total. The molecule has 0 aliphatic carbocycles. The second-order valence-corrected chi connectivity index (χ2v) is 5.77. The maximum Gasteiger partial charge on any atom is 0.157 e. The van der Waals surface area contributed by atoms with E-state index >= 15 is 0 Å². The summed E-state index contributed by atoms with van der Waals surface area (Å²) in [6.07, 6.45) is 0.747. The number of carbonyl (C=O) groups is 1. The highest BCUT2D eigenvalue weighted by Crippen LogP contribution is 2.29. The predicted octanol–water partition coefficient (Wildman–Crippen LogP) is 0.530. The lowest BCUT2D eigenvalue weighted by Crippen LogP contribution is -2.46. The van der Waals surface area contributed by atoms with E-state index in [4.69, 9.17) is 10.5 Å². The van der Waals surface area contributed by atoms with Gasteiger partial charge < -0.3 is 20.3 Å². The Morgan fingerprint density at radius 2 is 2.05 bits per heavy atom. The van der Waals surface area contributed by atoms with E-state index in [2.05, 4.69) is 21.7 Å². The summed E-state index contributed by atoms with van der Waals surface area (Å²) < 4.78 is 5.48. The van der Waals surface area contributed by atoms with Gasteiger partial charge in [-0.05, 0) is 19.2 Å². The van der Waals surface area contributed by atoms with Gasteiger partial charge in [0.2, 0.25) is 0 Å². The lowest BCUT2D eigenvalue weighted by molar-refractivity contribution is -0.109. The van der Waals surface area contributed by atoms with E-state index in [1.165, 1.54) is 0 Å². The molecule has 6 nitrogen and oxygen atoms in total. The number of nitrogens with two attached hydrogens (primary N) is 1. The number of nitrogens with zero attached hydrogens (tertiary/aromatic N) is 3. The fourth-order valence-corrected chi connectivity index (χ4v) is 2.57. The minimum atomic E-state index is 0.0444. The summed E-state index contributed by atoms with van der Waals surface area (Å²) >= 11 is 0. The summed E-state index contributed by atoms with van der Waals surface area (Å²) in [5.74, 6) is 0.660. The third-order valence-corrected chi connectivity index (χ3v) is 4.05. The number of likely N-dealkylation sites (N-methyl/N-ethyl adjacent to an activating group) is 2. The van der Waals surface area contributed by atoms with E-state index < -0.39 is 0 Å². The van der Waals surface area contributed by atoms with Crippen LogP contribution in [0.4, 0.5) is 11.4 Å². The number of ether oxygens (including phenoxy) is 1. The molecule has 22 heavy (non-hydrogen) atoms. The molecule has 0 unspecified atom stereocenters. The predicted molar refractivity (Wildman–Crippen MR) is 89.6 cm³/mol. The van der Waals surface area contributed by atoms with Crippen LogP contribution in [0.15, 0.2) is 18.2 Å². The van der Waals surface area contributed by atoms with Crippen LogP contribution in [0.25, 0.3) is 0 Å². The summed E-state index contributed by atoms with van der Waals surface area (Å²) in [6.45, 7) is 6.44. The van der Waals surface area contributed by atoms with Gasteiger partial charge in [-0.3, -0.25) is 9.69 Å². The average molecular weight is 306 g/mol. The Kier molecular flexibility index (Phi) is 6.03. The number of hydrogen-bond acceptors (Lipinski definition) is 6. The van der Waals surface area contributed by atoms with Gasteiger partial charge in [0, 0.05) is 58.1 Å². The Morgan fingerprint density at radius 3 is 2.73 bits per heavy atom. The van der Waals surface area contributed by atoms with Crippen LogP contribution in [-0.2, 0) is 4.79 Å². The van der Waals surface area contributed by atoms with Gasteiger partial charge in [-0.25, -0.2) is 0 Å². The van der Waals surface area contributed by atoms with Gasteiger partial charge in [0.1, 0.15) is 12.4 Å². The lowest BCUT2D eigenvalue weighted by Gasteiger charge is -2.33. The van der Waals surface area contributed by atoms with Crippen LogP contribution < -0.4 is 15.4 Å². The quantitative estimate of drug-likeness (QED) is 0.586. The average Bonchev–Trinajstić information content (AvgIpc) is 2.52. The van der Waals surface area contributed by atoms with Crippen molar-refractivity contribution in [3.63, 3.8) is 0 Å². The molecule has 0 spiro atoms. The van der Waals surface area contributed by atoms with Crippen molar-refractivity contribution in [2.45, 2.75) is 0 Å². The highest BCUT2D eigenvalue weighted by Gasteiger charge is 2.15. The minimum Gasteiger partial charge on any atom is -0.484 e. The second-order valence-electron chi connectivity index (χ2n) is 5.77. The molecular formula is C16H26N4O2. The van der Waals surface area contributed by atoms with E-state index in [-0.39, 0.29) is 6.61 Å². The number of carbonyl (C=O) groups excluding carboxylic acids is 1. The molecule has 1 aromatic rings. The van der Waals surface area contributed by atoms with Gasteiger partial charge in [-0.1, -0.05) is 0 Å². The fourth-order valence-electron chi connectivity index (χ4n) is 2.57. The lowest BCUT2D eigenvalue weighted by atomic mass is 10.2. The van der Waals surface area contributed by atoms with E-state index in [1.807, 2.05) is 19.2 Å². The SMILES string of the molecule is CN1CCN(CCN(C)c2ccc(N)cc2OCC=O)CC1. The normalized spacial score (nSPS) is 16.5. The Hall–Kier alpha value is -1.79. The molecule has 1 aliphatic rings. The zero-order chi connectivity index (χ0) is 15.9. The molecule has 0 atom stereocenters. The first kappa shape index (κ1) is 16.6. The zero-order valence-electron chi connectivity index (χ0n) is 13.5. The van der Waals surface area contributed by atoms with Crippen molar-refractivity contribution in [3.8, 4) is 5.75 Å². The van der Waals surface area contributed by atoms with Crippen LogP contribution in [0.2, 0.25) is 0 Å². The monoisotopic (exact) mass is 306 g/mol. The molecule has 1 heterocycles. The van der Waals surface area contributed by atoms with Crippen LogP contribution in [0.1, 0.15) is 0 Å².